The number of guanidine groups is 1. The number of aromatic nitrogens is 2. The van der Waals surface area contributed by atoms with Crippen molar-refractivity contribution in [3.05, 3.63) is 42.2 Å². The van der Waals surface area contributed by atoms with E-state index < -0.39 is 0 Å². The Balaban J connectivity index is 0.00000259. The second-order valence-corrected chi connectivity index (χ2v) is 8.77. The molecule has 1 aromatic carbocycles. The Labute approximate surface area is 212 Å². The smallest absolute Gasteiger partial charge is 0.225 e. The quantitative estimate of drug-likeness (QED) is 0.348. The molecule has 1 saturated carbocycles. The summed E-state index contributed by atoms with van der Waals surface area (Å²) in [6, 6.07) is 8.35. The lowest BCUT2D eigenvalue weighted by Crippen LogP contribution is -2.54. The molecule has 1 aliphatic carbocycles. The van der Waals surface area contributed by atoms with Gasteiger partial charge in [-0.2, -0.15) is 0 Å². The van der Waals surface area contributed by atoms with E-state index in [0.29, 0.717) is 13.2 Å². The molecule has 0 unspecified atom stereocenters. The summed E-state index contributed by atoms with van der Waals surface area (Å²) in [5.41, 5.74) is 1.44. The molecule has 0 spiro atoms. The molecular formula is C24H33IN6O2. The van der Waals surface area contributed by atoms with Gasteiger partial charge in [-0.3, -0.25) is 4.99 Å². The number of rotatable bonds is 4. The number of piperazine rings is 1. The van der Waals surface area contributed by atoms with Crippen LogP contribution in [0.4, 0.5) is 5.95 Å². The second kappa shape index (κ2) is 10.8. The van der Waals surface area contributed by atoms with Gasteiger partial charge in [0.2, 0.25) is 5.95 Å². The van der Waals surface area contributed by atoms with Gasteiger partial charge in [0.25, 0.3) is 0 Å². The van der Waals surface area contributed by atoms with E-state index in [-0.39, 0.29) is 29.4 Å². The predicted octanol–water partition coefficient (Wildman–Crippen LogP) is 3.08. The Bertz CT molecular complexity index is 943. The zero-order valence-electron chi connectivity index (χ0n) is 19.2. The third kappa shape index (κ3) is 5.12. The number of benzene rings is 1. The van der Waals surface area contributed by atoms with E-state index in [1.54, 1.807) is 12.4 Å². The van der Waals surface area contributed by atoms with Crippen molar-refractivity contribution < 1.29 is 9.47 Å². The number of nitrogens with one attached hydrogen (secondary N) is 1. The van der Waals surface area contributed by atoms with Crippen LogP contribution in [0.5, 0.6) is 11.5 Å². The number of anilines is 1. The van der Waals surface area contributed by atoms with Gasteiger partial charge in [-0.1, -0.05) is 18.9 Å². The molecule has 1 saturated heterocycles. The lowest BCUT2D eigenvalue weighted by molar-refractivity contribution is 0.171. The Morgan fingerprint density at radius 2 is 1.73 bits per heavy atom. The van der Waals surface area contributed by atoms with Crippen LogP contribution < -0.4 is 19.7 Å². The molecule has 0 bridgehead atoms. The van der Waals surface area contributed by atoms with E-state index in [4.69, 9.17) is 9.47 Å². The van der Waals surface area contributed by atoms with Gasteiger partial charge in [0.15, 0.2) is 17.5 Å². The van der Waals surface area contributed by atoms with Gasteiger partial charge in [0.05, 0.1) is 0 Å². The van der Waals surface area contributed by atoms with E-state index in [9.17, 15) is 0 Å². The highest BCUT2D eigenvalue weighted by atomic mass is 127. The maximum Gasteiger partial charge on any atom is 0.225 e. The SMILES string of the molecule is CN=C(NCC1(c2ccc3c(c2)OCCO3)CCCC1)N1CCN(c2ncccn2)CC1.I. The molecule has 33 heavy (non-hydrogen) atoms. The summed E-state index contributed by atoms with van der Waals surface area (Å²) in [6.07, 6.45) is 8.46. The highest BCUT2D eigenvalue weighted by Crippen LogP contribution is 2.43. The molecular weight excluding hydrogens is 531 g/mol. The van der Waals surface area contributed by atoms with Crippen LogP contribution in [0.1, 0.15) is 31.2 Å². The van der Waals surface area contributed by atoms with Crippen molar-refractivity contribution in [1.29, 1.82) is 0 Å². The van der Waals surface area contributed by atoms with E-state index in [1.807, 2.05) is 13.1 Å². The van der Waals surface area contributed by atoms with Crippen molar-refractivity contribution >= 4 is 35.9 Å². The van der Waals surface area contributed by atoms with Crippen LogP contribution in [0.3, 0.4) is 0 Å². The molecule has 2 aromatic rings. The molecule has 3 aliphatic rings. The third-order valence-electron chi connectivity index (χ3n) is 6.93. The molecule has 1 aromatic heterocycles. The molecule has 9 heteroatoms. The first-order valence-corrected chi connectivity index (χ1v) is 11.7. The van der Waals surface area contributed by atoms with Gasteiger partial charge in [0, 0.05) is 57.6 Å². The summed E-state index contributed by atoms with van der Waals surface area (Å²) < 4.78 is 11.6. The van der Waals surface area contributed by atoms with Crippen molar-refractivity contribution in [1.82, 2.24) is 20.2 Å². The molecule has 5 rings (SSSR count). The fourth-order valence-corrected chi connectivity index (χ4v) is 5.15. The third-order valence-corrected chi connectivity index (χ3v) is 6.93. The van der Waals surface area contributed by atoms with Gasteiger partial charge >= 0.3 is 0 Å². The minimum absolute atomic E-state index is 0. The van der Waals surface area contributed by atoms with Gasteiger partial charge in [-0.15, -0.1) is 24.0 Å². The van der Waals surface area contributed by atoms with E-state index in [1.165, 1.54) is 31.2 Å². The lowest BCUT2D eigenvalue weighted by atomic mass is 9.78. The first-order chi connectivity index (χ1) is 15.8. The van der Waals surface area contributed by atoms with Crippen LogP contribution in [0.25, 0.3) is 0 Å². The molecule has 0 atom stereocenters. The Morgan fingerprint density at radius 3 is 2.42 bits per heavy atom. The van der Waals surface area contributed by atoms with Crippen LogP contribution >= 0.6 is 24.0 Å². The number of ether oxygens (including phenoxy) is 2. The van der Waals surface area contributed by atoms with Crippen LogP contribution in [-0.2, 0) is 5.41 Å². The summed E-state index contributed by atoms with van der Waals surface area (Å²) in [4.78, 5) is 17.9. The number of halogens is 1. The summed E-state index contributed by atoms with van der Waals surface area (Å²) in [7, 11) is 1.88. The van der Waals surface area contributed by atoms with Crippen molar-refractivity contribution in [3.63, 3.8) is 0 Å². The second-order valence-electron chi connectivity index (χ2n) is 8.77. The minimum atomic E-state index is 0. The zero-order chi connectivity index (χ0) is 21.8. The average Bonchev–Trinajstić information content (AvgIpc) is 3.35. The number of hydrogen-bond acceptors (Lipinski definition) is 6. The Hall–Kier alpha value is -2.30. The zero-order valence-corrected chi connectivity index (χ0v) is 21.5. The summed E-state index contributed by atoms with van der Waals surface area (Å²) in [6.45, 7) is 5.69. The van der Waals surface area contributed by atoms with Gasteiger partial charge < -0.3 is 24.6 Å². The monoisotopic (exact) mass is 564 g/mol. The van der Waals surface area contributed by atoms with E-state index in [0.717, 1.165) is 56.1 Å². The number of aliphatic imine (C=N–C) groups is 1. The summed E-state index contributed by atoms with van der Waals surface area (Å²) >= 11 is 0. The minimum Gasteiger partial charge on any atom is -0.486 e. The van der Waals surface area contributed by atoms with E-state index in [2.05, 4.69) is 48.3 Å². The topological polar surface area (TPSA) is 75.1 Å². The average molecular weight is 564 g/mol. The number of nitrogens with zero attached hydrogens (tertiary/aromatic N) is 5. The molecule has 0 amide bonds. The van der Waals surface area contributed by atoms with Gasteiger partial charge in [0.1, 0.15) is 13.2 Å². The van der Waals surface area contributed by atoms with Gasteiger partial charge in [-0.25, -0.2) is 9.97 Å². The highest BCUT2D eigenvalue weighted by Gasteiger charge is 2.37. The predicted molar refractivity (Wildman–Crippen MR) is 140 cm³/mol. The first-order valence-electron chi connectivity index (χ1n) is 11.7. The maximum absolute atomic E-state index is 5.86. The van der Waals surface area contributed by atoms with Crippen molar-refractivity contribution in [2.24, 2.45) is 4.99 Å². The van der Waals surface area contributed by atoms with Crippen molar-refractivity contribution in [2.45, 2.75) is 31.1 Å². The van der Waals surface area contributed by atoms with Crippen molar-refractivity contribution in [2.75, 3.05) is 57.9 Å². The van der Waals surface area contributed by atoms with E-state index >= 15 is 0 Å². The Kier molecular flexibility index (Phi) is 7.77. The molecule has 3 heterocycles. The summed E-state index contributed by atoms with van der Waals surface area (Å²) in [5.74, 6) is 3.52. The Morgan fingerprint density at radius 1 is 1.03 bits per heavy atom. The van der Waals surface area contributed by atoms with Crippen LogP contribution in [0, 0.1) is 0 Å². The molecule has 2 aliphatic heterocycles. The standard InChI is InChI=1S/C24H32N6O2.HI/c1-25-22(29-11-13-30(14-12-29)23-26-9-4-10-27-23)28-18-24(7-2-3-8-24)19-5-6-20-21(17-19)32-16-15-31-20;/h4-6,9-10,17H,2-3,7-8,11-16,18H2,1H3,(H,25,28);1H. The molecule has 1 N–H and O–H groups in total. The molecule has 0 radical (unpaired) electrons. The van der Waals surface area contributed by atoms with Crippen LogP contribution in [-0.4, -0.2) is 73.8 Å². The first kappa shape index (κ1) is 23.8. The lowest BCUT2D eigenvalue weighted by Gasteiger charge is -2.38. The number of fused-ring (bicyclic) bond motifs is 1. The summed E-state index contributed by atoms with van der Waals surface area (Å²) in [5, 5.41) is 3.71. The number of hydrogen-bond donors (Lipinski definition) is 1. The van der Waals surface area contributed by atoms with Crippen molar-refractivity contribution in [3.8, 4) is 11.5 Å². The highest BCUT2D eigenvalue weighted by molar-refractivity contribution is 14.0. The van der Waals surface area contributed by atoms with Gasteiger partial charge in [-0.05, 0) is 36.6 Å². The molecule has 8 nitrogen and oxygen atoms in total. The fourth-order valence-electron chi connectivity index (χ4n) is 5.15. The van der Waals surface area contributed by atoms with Crippen LogP contribution in [0.15, 0.2) is 41.7 Å². The fraction of sp³-hybridized carbons (Fsp3) is 0.542. The van der Waals surface area contributed by atoms with Crippen LogP contribution in [0.2, 0.25) is 0 Å². The normalized spacial score (nSPS) is 19.7. The largest absolute Gasteiger partial charge is 0.486 e. The molecule has 178 valence electrons. The maximum atomic E-state index is 5.86. The molecule has 2 fully saturated rings.